The molecule has 0 spiro atoms. The summed E-state index contributed by atoms with van der Waals surface area (Å²) in [6, 6.07) is 4.54. The second kappa shape index (κ2) is 4.98. The molecule has 108 valence electrons. The number of benzene rings is 1. The fourth-order valence-electron chi connectivity index (χ4n) is 2.65. The maximum atomic E-state index is 13.5. The predicted molar refractivity (Wildman–Crippen MR) is 81.6 cm³/mol. The SMILES string of the molecule is CC1(C)CC(=O)c2cnc(-c3cc(F)cc(Br)c3)nc2C1. The van der Waals surface area contributed by atoms with Crippen LogP contribution >= 0.6 is 15.9 Å². The lowest BCUT2D eigenvalue weighted by Crippen LogP contribution is -2.28. The molecule has 1 aromatic heterocycles. The first kappa shape index (κ1) is 14.3. The van der Waals surface area contributed by atoms with Crippen molar-refractivity contribution in [3.8, 4) is 11.4 Å². The van der Waals surface area contributed by atoms with Gasteiger partial charge in [-0.15, -0.1) is 0 Å². The average Bonchev–Trinajstić information content (AvgIpc) is 2.35. The third-order valence-electron chi connectivity index (χ3n) is 3.57. The normalized spacial score (nSPS) is 16.7. The first-order valence-corrected chi connectivity index (χ1v) is 7.49. The lowest BCUT2D eigenvalue weighted by atomic mass is 9.76. The van der Waals surface area contributed by atoms with Crippen LogP contribution < -0.4 is 0 Å². The maximum absolute atomic E-state index is 13.5. The number of rotatable bonds is 1. The molecule has 1 aliphatic rings. The van der Waals surface area contributed by atoms with Crippen molar-refractivity contribution in [2.24, 2.45) is 5.41 Å². The molecule has 3 rings (SSSR count). The van der Waals surface area contributed by atoms with Crippen LogP contribution in [0.2, 0.25) is 0 Å². The van der Waals surface area contributed by atoms with Crippen LogP contribution in [-0.4, -0.2) is 15.8 Å². The number of carbonyl (C=O) groups is 1. The minimum atomic E-state index is -0.350. The van der Waals surface area contributed by atoms with Gasteiger partial charge in [-0.1, -0.05) is 29.8 Å². The highest BCUT2D eigenvalue weighted by Crippen LogP contribution is 2.34. The van der Waals surface area contributed by atoms with Gasteiger partial charge in [0.25, 0.3) is 0 Å². The molecule has 0 saturated heterocycles. The Morgan fingerprint density at radius 3 is 2.71 bits per heavy atom. The number of nitrogens with zero attached hydrogens (tertiary/aromatic N) is 2. The number of aromatic nitrogens is 2. The van der Waals surface area contributed by atoms with Gasteiger partial charge in [0.05, 0.1) is 11.3 Å². The summed E-state index contributed by atoms with van der Waals surface area (Å²) in [6.45, 7) is 4.10. The first-order chi connectivity index (χ1) is 9.84. The lowest BCUT2D eigenvalue weighted by Gasteiger charge is -2.29. The summed E-state index contributed by atoms with van der Waals surface area (Å²) in [5.41, 5.74) is 1.84. The highest BCUT2D eigenvalue weighted by molar-refractivity contribution is 9.10. The predicted octanol–water partition coefficient (Wildman–Crippen LogP) is 4.20. The number of halogens is 2. The Morgan fingerprint density at radius 1 is 1.24 bits per heavy atom. The van der Waals surface area contributed by atoms with Gasteiger partial charge in [0, 0.05) is 22.7 Å². The summed E-state index contributed by atoms with van der Waals surface area (Å²) in [4.78, 5) is 20.8. The summed E-state index contributed by atoms with van der Waals surface area (Å²) in [6.07, 6.45) is 2.79. The van der Waals surface area contributed by atoms with Crippen LogP contribution in [0.15, 0.2) is 28.9 Å². The highest BCUT2D eigenvalue weighted by Gasteiger charge is 2.32. The molecule has 0 aliphatic heterocycles. The van der Waals surface area contributed by atoms with E-state index in [1.54, 1.807) is 12.3 Å². The number of hydrogen-bond acceptors (Lipinski definition) is 3. The molecule has 21 heavy (non-hydrogen) atoms. The molecule has 0 fully saturated rings. The smallest absolute Gasteiger partial charge is 0.166 e. The molecule has 0 amide bonds. The van der Waals surface area contributed by atoms with Crippen LogP contribution in [0.1, 0.15) is 36.3 Å². The molecule has 0 N–H and O–H groups in total. The molecule has 5 heteroatoms. The van der Waals surface area contributed by atoms with E-state index in [9.17, 15) is 9.18 Å². The molecule has 1 heterocycles. The second-order valence-corrected chi connectivity index (χ2v) is 7.07. The van der Waals surface area contributed by atoms with Gasteiger partial charge in [0.1, 0.15) is 5.82 Å². The lowest BCUT2D eigenvalue weighted by molar-refractivity contribution is 0.0910. The number of hydrogen-bond donors (Lipinski definition) is 0. The summed E-state index contributed by atoms with van der Waals surface area (Å²) >= 11 is 3.26. The molecule has 0 atom stereocenters. The van der Waals surface area contributed by atoms with Gasteiger partial charge >= 0.3 is 0 Å². The molecule has 2 aromatic rings. The number of Topliss-reactive ketones (excluding diaryl/α,β-unsaturated/α-hetero) is 1. The topological polar surface area (TPSA) is 42.9 Å². The highest BCUT2D eigenvalue weighted by atomic mass is 79.9. The summed E-state index contributed by atoms with van der Waals surface area (Å²) in [7, 11) is 0. The first-order valence-electron chi connectivity index (χ1n) is 6.70. The molecule has 0 saturated carbocycles. The van der Waals surface area contributed by atoms with Crippen LogP contribution in [-0.2, 0) is 6.42 Å². The molecular weight excluding hydrogens is 335 g/mol. The van der Waals surface area contributed by atoms with E-state index in [2.05, 4.69) is 25.9 Å². The molecule has 0 bridgehead atoms. The van der Waals surface area contributed by atoms with Crippen molar-refractivity contribution in [2.45, 2.75) is 26.7 Å². The quantitative estimate of drug-likeness (QED) is 0.775. The van der Waals surface area contributed by atoms with Crippen LogP contribution in [0.4, 0.5) is 4.39 Å². The van der Waals surface area contributed by atoms with Crippen LogP contribution in [0.25, 0.3) is 11.4 Å². The van der Waals surface area contributed by atoms with E-state index in [0.29, 0.717) is 27.8 Å². The van der Waals surface area contributed by atoms with Gasteiger partial charge in [-0.25, -0.2) is 14.4 Å². The Hall–Kier alpha value is -1.62. The fourth-order valence-corrected chi connectivity index (χ4v) is 3.12. The van der Waals surface area contributed by atoms with E-state index in [0.717, 1.165) is 12.1 Å². The molecule has 0 radical (unpaired) electrons. The van der Waals surface area contributed by atoms with Gasteiger partial charge in [0.15, 0.2) is 11.6 Å². The standard InChI is InChI=1S/C16H14BrFN2O/c1-16(2)6-13-12(14(21)7-16)8-19-15(20-13)9-3-10(17)5-11(18)4-9/h3-5,8H,6-7H2,1-2H3. The third-order valence-corrected chi connectivity index (χ3v) is 4.03. The van der Waals surface area contributed by atoms with E-state index in [1.165, 1.54) is 12.1 Å². The van der Waals surface area contributed by atoms with E-state index in [-0.39, 0.29) is 17.0 Å². The molecule has 0 unspecified atom stereocenters. The van der Waals surface area contributed by atoms with E-state index < -0.39 is 0 Å². The van der Waals surface area contributed by atoms with Crippen molar-refractivity contribution in [3.63, 3.8) is 0 Å². The van der Waals surface area contributed by atoms with Crippen molar-refractivity contribution in [1.29, 1.82) is 0 Å². The zero-order valence-corrected chi connectivity index (χ0v) is 13.4. The van der Waals surface area contributed by atoms with Crippen LogP contribution in [0.3, 0.4) is 0 Å². The van der Waals surface area contributed by atoms with E-state index >= 15 is 0 Å². The largest absolute Gasteiger partial charge is 0.294 e. The summed E-state index contributed by atoms with van der Waals surface area (Å²) < 4.78 is 14.1. The minimum absolute atomic E-state index is 0.0771. The Balaban J connectivity index is 2.09. The van der Waals surface area contributed by atoms with Crippen molar-refractivity contribution in [1.82, 2.24) is 9.97 Å². The zero-order chi connectivity index (χ0) is 15.2. The number of carbonyl (C=O) groups excluding carboxylic acids is 1. The second-order valence-electron chi connectivity index (χ2n) is 6.15. The monoisotopic (exact) mass is 348 g/mol. The summed E-state index contributed by atoms with van der Waals surface area (Å²) in [5, 5.41) is 0. The van der Waals surface area contributed by atoms with Gasteiger partial charge in [0.2, 0.25) is 0 Å². The van der Waals surface area contributed by atoms with Crippen LogP contribution in [0, 0.1) is 11.2 Å². The number of fused-ring (bicyclic) bond motifs is 1. The molecule has 1 aromatic carbocycles. The van der Waals surface area contributed by atoms with Crippen LogP contribution in [0.5, 0.6) is 0 Å². The van der Waals surface area contributed by atoms with Crippen molar-refractivity contribution in [3.05, 3.63) is 45.9 Å². The zero-order valence-electron chi connectivity index (χ0n) is 11.8. The average molecular weight is 349 g/mol. The Labute approximate surface area is 130 Å². The Bertz CT molecular complexity index is 723. The van der Waals surface area contributed by atoms with Gasteiger partial charge in [-0.05, 0) is 30.0 Å². The molecule has 1 aliphatic carbocycles. The third kappa shape index (κ3) is 2.88. The Kier molecular flexibility index (Phi) is 3.40. The summed E-state index contributed by atoms with van der Waals surface area (Å²) in [5.74, 6) is 0.171. The maximum Gasteiger partial charge on any atom is 0.166 e. The number of ketones is 1. The van der Waals surface area contributed by atoms with Gasteiger partial charge in [-0.2, -0.15) is 0 Å². The van der Waals surface area contributed by atoms with Gasteiger partial charge < -0.3 is 0 Å². The van der Waals surface area contributed by atoms with Gasteiger partial charge in [-0.3, -0.25) is 4.79 Å². The molecule has 3 nitrogen and oxygen atoms in total. The van der Waals surface area contributed by atoms with Crippen molar-refractivity contribution in [2.75, 3.05) is 0 Å². The van der Waals surface area contributed by atoms with E-state index in [4.69, 9.17) is 0 Å². The fraction of sp³-hybridized carbons (Fsp3) is 0.312. The van der Waals surface area contributed by atoms with Crippen molar-refractivity contribution >= 4 is 21.7 Å². The minimum Gasteiger partial charge on any atom is -0.294 e. The van der Waals surface area contributed by atoms with E-state index in [1.807, 2.05) is 13.8 Å². The molecular formula is C16H14BrFN2O. The Morgan fingerprint density at radius 2 is 2.00 bits per heavy atom. The van der Waals surface area contributed by atoms with Crippen molar-refractivity contribution < 1.29 is 9.18 Å².